The van der Waals surface area contributed by atoms with Gasteiger partial charge in [0.1, 0.15) is 5.75 Å². The van der Waals surface area contributed by atoms with Crippen LogP contribution in [0.15, 0.2) is 36.4 Å². The van der Waals surface area contributed by atoms with Crippen molar-refractivity contribution in [1.82, 2.24) is 0 Å². The van der Waals surface area contributed by atoms with Crippen LogP contribution in [0.25, 0.3) is 10.8 Å². The van der Waals surface area contributed by atoms with Gasteiger partial charge in [0.25, 0.3) is 0 Å². The van der Waals surface area contributed by atoms with Gasteiger partial charge in [0.15, 0.2) is 6.29 Å². The SMILES string of the molecule is CC1(C)CCC[C@@]2(C)C1CC[C@@H]1O[C@H](c3c(O)ccc4ccccc34)OC[C@@H]12. The normalized spacial score (nSPS) is 37.2. The van der Waals surface area contributed by atoms with Crippen LogP contribution in [-0.2, 0) is 9.47 Å². The molecule has 2 aromatic carbocycles. The van der Waals surface area contributed by atoms with Crippen molar-refractivity contribution in [2.45, 2.75) is 65.3 Å². The fourth-order valence-corrected chi connectivity index (χ4v) is 6.82. The van der Waals surface area contributed by atoms with Crippen LogP contribution in [0.5, 0.6) is 5.75 Å². The predicted molar refractivity (Wildman–Crippen MR) is 111 cm³/mol. The average Bonchev–Trinajstić information content (AvgIpc) is 2.67. The van der Waals surface area contributed by atoms with Gasteiger partial charge in [-0.2, -0.15) is 0 Å². The van der Waals surface area contributed by atoms with E-state index in [0.29, 0.717) is 11.3 Å². The Balaban J connectivity index is 1.46. The Hall–Kier alpha value is -1.58. The molecule has 1 heterocycles. The highest BCUT2D eigenvalue weighted by Crippen LogP contribution is 2.61. The molecular weight excluding hydrogens is 348 g/mol. The van der Waals surface area contributed by atoms with Crippen molar-refractivity contribution in [3.8, 4) is 5.75 Å². The number of phenolic OH excluding ortho intramolecular Hbond substituents is 1. The highest BCUT2D eigenvalue weighted by atomic mass is 16.7. The Morgan fingerprint density at radius 2 is 1.82 bits per heavy atom. The monoisotopic (exact) mass is 380 g/mol. The first-order valence-corrected chi connectivity index (χ1v) is 10.9. The van der Waals surface area contributed by atoms with E-state index in [9.17, 15) is 5.11 Å². The quantitative estimate of drug-likeness (QED) is 0.640. The number of aromatic hydroxyl groups is 1. The first-order valence-electron chi connectivity index (χ1n) is 10.9. The van der Waals surface area contributed by atoms with Gasteiger partial charge < -0.3 is 14.6 Å². The lowest BCUT2D eigenvalue weighted by atomic mass is 9.48. The van der Waals surface area contributed by atoms with E-state index in [0.717, 1.165) is 35.3 Å². The molecule has 3 nitrogen and oxygen atoms in total. The molecule has 3 heteroatoms. The van der Waals surface area contributed by atoms with Crippen molar-refractivity contribution >= 4 is 10.8 Å². The van der Waals surface area contributed by atoms with Gasteiger partial charge in [0.2, 0.25) is 0 Å². The van der Waals surface area contributed by atoms with Crippen LogP contribution in [-0.4, -0.2) is 17.8 Å². The zero-order chi connectivity index (χ0) is 19.5. The summed E-state index contributed by atoms with van der Waals surface area (Å²) in [4.78, 5) is 0. The molecule has 2 saturated carbocycles. The molecule has 3 fully saturated rings. The molecule has 5 rings (SSSR count). The molecule has 1 saturated heterocycles. The van der Waals surface area contributed by atoms with Crippen LogP contribution in [0.1, 0.15) is 64.7 Å². The van der Waals surface area contributed by atoms with Crippen LogP contribution < -0.4 is 0 Å². The lowest BCUT2D eigenvalue weighted by Crippen LogP contribution is -2.56. The van der Waals surface area contributed by atoms with Crippen molar-refractivity contribution < 1.29 is 14.6 Å². The van der Waals surface area contributed by atoms with E-state index in [-0.39, 0.29) is 17.3 Å². The summed E-state index contributed by atoms with van der Waals surface area (Å²) in [5.41, 5.74) is 1.48. The Labute approximate surface area is 168 Å². The van der Waals surface area contributed by atoms with Crippen LogP contribution >= 0.6 is 0 Å². The summed E-state index contributed by atoms with van der Waals surface area (Å²) in [6.45, 7) is 8.12. The summed E-state index contributed by atoms with van der Waals surface area (Å²) >= 11 is 0. The summed E-state index contributed by atoms with van der Waals surface area (Å²) in [6, 6.07) is 11.9. The van der Waals surface area contributed by atoms with Gasteiger partial charge in [0, 0.05) is 5.92 Å². The number of rotatable bonds is 1. The van der Waals surface area contributed by atoms with E-state index < -0.39 is 6.29 Å². The van der Waals surface area contributed by atoms with Gasteiger partial charge in [-0.15, -0.1) is 0 Å². The molecule has 1 N–H and O–H groups in total. The molecule has 3 aliphatic rings. The summed E-state index contributed by atoms with van der Waals surface area (Å²) in [5, 5.41) is 12.7. The molecule has 0 spiro atoms. The zero-order valence-electron chi connectivity index (χ0n) is 17.3. The standard InChI is InChI=1S/C25H32O3/c1-24(2)13-6-14-25(3)18-15-27-23(28-20(18)11-12-21(24)25)22-17-8-5-4-7-16(17)9-10-19(22)26/h4-5,7-10,18,20-21,23,26H,6,11-15H2,1-3H3/t18-,20-,21?,23+,25+/m0/s1. The fourth-order valence-electron chi connectivity index (χ4n) is 6.82. The number of ether oxygens (including phenoxy) is 2. The number of fused-ring (bicyclic) bond motifs is 4. The topological polar surface area (TPSA) is 38.7 Å². The number of phenols is 1. The van der Waals surface area contributed by atoms with E-state index in [1.807, 2.05) is 24.3 Å². The van der Waals surface area contributed by atoms with Gasteiger partial charge in [-0.3, -0.25) is 0 Å². The Bertz CT molecular complexity index is 888. The van der Waals surface area contributed by atoms with Crippen molar-refractivity contribution in [3.63, 3.8) is 0 Å². The highest BCUT2D eigenvalue weighted by molar-refractivity contribution is 5.87. The summed E-state index contributed by atoms with van der Waals surface area (Å²) in [7, 11) is 0. The smallest absolute Gasteiger partial charge is 0.188 e. The summed E-state index contributed by atoms with van der Waals surface area (Å²) in [5.74, 6) is 1.45. The first kappa shape index (κ1) is 18.4. The number of benzene rings is 2. The molecule has 150 valence electrons. The van der Waals surface area contributed by atoms with E-state index in [1.165, 1.54) is 25.7 Å². The van der Waals surface area contributed by atoms with Crippen LogP contribution in [0.3, 0.4) is 0 Å². The third-order valence-corrected chi connectivity index (χ3v) is 8.22. The minimum absolute atomic E-state index is 0.215. The third kappa shape index (κ3) is 2.70. The Morgan fingerprint density at radius 1 is 1.00 bits per heavy atom. The van der Waals surface area contributed by atoms with Crippen molar-refractivity contribution in [3.05, 3.63) is 42.0 Å². The second-order valence-corrected chi connectivity index (χ2v) is 10.1. The largest absolute Gasteiger partial charge is 0.507 e. The fraction of sp³-hybridized carbons (Fsp3) is 0.600. The van der Waals surface area contributed by atoms with E-state index in [1.54, 1.807) is 6.07 Å². The van der Waals surface area contributed by atoms with Gasteiger partial charge in [-0.25, -0.2) is 0 Å². The second-order valence-electron chi connectivity index (χ2n) is 10.1. The summed E-state index contributed by atoms with van der Waals surface area (Å²) in [6.07, 6.45) is 5.98. The van der Waals surface area contributed by atoms with E-state index in [4.69, 9.17) is 9.47 Å². The number of hydrogen-bond acceptors (Lipinski definition) is 3. The van der Waals surface area contributed by atoms with Gasteiger partial charge in [-0.05, 0) is 59.3 Å². The predicted octanol–water partition coefficient (Wildman–Crippen LogP) is 6.20. The molecule has 1 unspecified atom stereocenters. The maximum absolute atomic E-state index is 10.6. The van der Waals surface area contributed by atoms with Gasteiger partial charge >= 0.3 is 0 Å². The molecule has 28 heavy (non-hydrogen) atoms. The minimum atomic E-state index is -0.482. The molecule has 0 amide bonds. The Morgan fingerprint density at radius 3 is 2.68 bits per heavy atom. The van der Waals surface area contributed by atoms with E-state index >= 15 is 0 Å². The Kier molecular flexibility index (Phi) is 4.26. The van der Waals surface area contributed by atoms with Crippen molar-refractivity contribution in [2.75, 3.05) is 6.61 Å². The molecule has 2 aromatic rings. The average molecular weight is 381 g/mol. The minimum Gasteiger partial charge on any atom is -0.507 e. The third-order valence-electron chi connectivity index (χ3n) is 8.22. The first-order chi connectivity index (χ1) is 13.4. The van der Waals surface area contributed by atoms with E-state index in [2.05, 4.69) is 26.8 Å². The molecule has 0 aromatic heterocycles. The molecule has 5 atom stereocenters. The molecule has 0 radical (unpaired) electrons. The van der Waals surface area contributed by atoms with Crippen molar-refractivity contribution in [1.29, 1.82) is 0 Å². The van der Waals surface area contributed by atoms with Crippen LogP contribution in [0.2, 0.25) is 0 Å². The lowest BCUT2D eigenvalue weighted by Gasteiger charge is -2.60. The second kappa shape index (κ2) is 6.47. The van der Waals surface area contributed by atoms with Crippen LogP contribution in [0, 0.1) is 22.7 Å². The molecule has 2 aliphatic carbocycles. The van der Waals surface area contributed by atoms with Crippen molar-refractivity contribution in [2.24, 2.45) is 22.7 Å². The van der Waals surface area contributed by atoms with Gasteiger partial charge in [-0.1, -0.05) is 57.5 Å². The van der Waals surface area contributed by atoms with Crippen LogP contribution in [0.4, 0.5) is 0 Å². The zero-order valence-corrected chi connectivity index (χ0v) is 17.3. The molecule has 1 aliphatic heterocycles. The maximum Gasteiger partial charge on any atom is 0.188 e. The summed E-state index contributed by atoms with van der Waals surface area (Å²) < 4.78 is 12.9. The molecule has 0 bridgehead atoms. The molecular formula is C25H32O3. The highest BCUT2D eigenvalue weighted by Gasteiger charge is 2.56. The van der Waals surface area contributed by atoms with Gasteiger partial charge in [0.05, 0.1) is 18.3 Å². The number of hydrogen-bond donors (Lipinski definition) is 1. The lowest BCUT2D eigenvalue weighted by molar-refractivity contribution is -0.285. The maximum atomic E-state index is 10.6.